The SMILES string of the molecule is CN(C)CCc1c[nH]c2cccc(OCc3ccccc3OC(F)F)c12. The van der Waals surface area contributed by atoms with E-state index < -0.39 is 6.61 Å². The predicted molar refractivity (Wildman–Crippen MR) is 98.0 cm³/mol. The number of hydrogen-bond acceptors (Lipinski definition) is 3. The minimum atomic E-state index is -2.86. The molecule has 0 spiro atoms. The number of fused-ring (bicyclic) bond motifs is 1. The van der Waals surface area contributed by atoms with Gasteiger partial charge in [-0.05, 0) is 44.3 Å². The summed E-state index contributed by atoms with van der Waals surface area (Å²) >= 11 is 0. The van der Waals surface area contributed by atoms with Crippen molar-refractivity contribution in [3.05, 3.63) is 59.8 Å². The van der Waals surface area contributed by atoms with Crippen molar-refractivity contribution in [1.82, 2.24) is 9.88 Å². The fourth-order valence-corrected chi connectivity index (χ4v) is 2.87. The molecular formula is C20H22F2N2O2. The molecule has 1 N–H and O–H groups in total. The Labute approximate surface area is 151 Å². The minimum absolute atomic E-state index is 0.136. The molecule has 0 saturated carbocycles. The van der Waals surface area contributed by atoms with Crippen molar-refractivity contribution < 1.29 is 18.3 Å². The Bertz CT molecular complexity index is 862. The van der Waals surface area contributed by atoms with E-state index in [2.05, 4.69) is 14.6 Å². The van der Waals surface area contributed by atoms with E-state index in [1.165, 1.54) is 11.6 Å². The molecule has 0 aliphatic rings. The number of rotatable bonds is 8. The highest BCUT2D eigenvalue weighted by Crippen LogP contribution is 2.31. The summed E-state index contributed by atoms with van der Waals surface area (Å²) in [6.45, 7) is -1.78. The number of alkyl halides is 2. The lowest BCUT2D eigenvalue weighted by atomic mass is 10.1. The van der Waals surface area contributed by atoms with Gasteiger partial charge in [0.1, 0.15) is 18.1 Å². The van der Waals surface area contributed by atoms with Crippen LogP contribution in [0.1, 0.15) is 11.1 Å². The number of aromatic amines is 1. The number of benzene rings is 2. The van der Waals surface area contributed by atoms with Crippen molar-refractivity contribution in [3.8, 4) is 11.5 Å². The summed E-state index contributed by atoms with van der Waals surface area (Å²) in [7, 11) is 4.07. The van der Waals surface area contributed by atoms with Crippen LogP contribution < -0.4 is 9.47 Å². The molecule has 0 amide bonds. The number of hydrogen-bond donors (Lipinski definition) is 1. The van der Waals surface area contributed by atoms with Crippen molar-refractivity contribution >= 4 is 10.9 Å². The van der Waals surface area contributed by atoms with Gasteiger partial charge in [-0.3, -0.25) is 0 Å². The second-order valence-electron chi connectivity index (χ2n) is 6.32. The second-order valence-corrected chi connectivity index (χ2v) is 6.32. The average molecular weight is 360 g/mol. The smallest absolute Gasteiger partial charge is 0.387 e. The number of H-pyrrole nitrogens is 1. The molecule has 0 saturated heterocycles. The molecule has 6 heteroatoms. The molecule has 0 fully saturated rings. The monoisotopic (exact) mass is 360 g/mol. The van der Waals surface area contributed by atoms with Gasteiger partial charge in [-0.1, -0.05) is 24.3 Å². The number of ether oxygens (including phenoxy) is 2. The maximum atomic E-state index is 12.6. The predicted octanol–water partition coefficient (Wildman–Crippen LogP) is 4.45. The van der Waals surface area contributed by atoms with Crippen LogP contribution in [0.5, 0.6) is 11.5 Å². The third-order valence-corrected chi connectivity index (χ3v) is 4.15. The van der Waals surface area contributed by atoms with Crippen LogP contribution in [0, 0.1) is 0 Å². The van der Waals surface area contributed by atoms with Crippen molar-refractivity contribution in [2.24, 2.45) is 0 Å². The quantitative estimate of drug-likeness (QED) is 0.645. The number of aromatic nitrogens is 1. The van der Waals surface area contributed by atoms with Gasteiger partial charge in [0.2, 0.25) is 0 Å². The zero-order valence-electron chi connectivity index (χ0n) is 14.8. The van der Waals surface area contributed by atoms with Gasteiger partial charge >= 0.3 is 6.61 Å². The van der Waals surface area contributed by atoms with Crippen LogP contribution in [0.2, 0.25) is 0 Å². The topological polar surface area (TPSA) is 37.5 Å². The van der Waals surface area contributed by atoms with Gasteiger partial charge in [-0.2, -0.15) is 8.78 Å². The van der Waals surface area contributed by atoms with Gasteiger partial charge in [-0.25, -0.2) is 0 Å². The van der Waals surface area contributed by atoms with E-state index >= 15 is 0 Å². The highest BCUT2D eigenvalue weighted by molar-refractivity contribution is 5.89. The third kappa shape index (κ3) is 4.32. The molecular weight excluding hydrogens is 338 g/mol. The Morgan fingerprint density at radius 2 is 1.77 bits per heavy atom. The molecule has 1 heterocycles. The first-order valence-electron chi connectivity index (χ1n) is 8.44. The Morgan fingerprint density at radius 3 is 2.54 bits per heavy atom. The Hall–Kier alpha value is -2.60. The van der Waals surface area contributed by atoms with Crippen LogP contribution in [0.25, 0.3) is 10.9 Å². The van der Waals surface area contributed by atoms with E-state index in [9.17, 15) is 8.78 Å². The lowest BCUT2D eigenvalue weighted by molar-refractivity contribution is -0.0508. The highest BCUT2D eigenvalue weighted by Gasteiger charge is 2.13. The summed E-state index contributed by atoms with van der Waals surface area (Å²) in [6, 6.07) is 12.5. The van der Waals surface area contributed by atoms with Crippen LogP contribution >= 0.6 is 0 Å². The maximum absolute atomic E-state index is 12.6. The molecule has 0 bridgehead atoms. The van der Waals surface area contributed by atoms with Crippen LogP contribution in [0.4, 0.5) is 8.78 Å². The molecule has 26 heavy (non-hydrogen) atoms. The third-order valence-electron chi connectivity index (χ3n) is 4.15. The molecule has 4 nitrogen and oxygen atoms in total. The maximum Gasteiger partial charge on any atom is 0.387 e. The van der Waals surface area contributed by atoms with Gasteiger partial charge in [0.05, 0.1) is 0 Å². The molecule has 0 radical (unpaired) electrons. The number of nitrogens with one attached hydrogen (secondary N) is 1. The van der Waals surface area contributed by atoms with Crippen molar-refractivity contribution in [2.45, 2.75) is 19.6 Å². The van der Waals surface area contributed by atoms with E-state index in [4.69, 9.17) is 4.74 Å². The average Bonchev–Trinajstić information content (AvgIpc) is 3.02. The molecule has 1 aromatic heterocycles. The van der Waals surface area contributed by atoms with Gasteiger partial charge in [0.25, 0.3) is 0 Å². The summed E-state index contributed by atoms with van der Waals surface area (Å²) in [5.41, 5.74) is 2.74. The summed E-state index contributed by atoms with van der Waals surface area (Å²) in [6.07, 6.45) is 2.88. The molecule has 138 valence electrons. The Balaban J connectivity index is 1.82. The van der Waals surface area contributed by atoms with Crippen LogP contribution in [0.3, 0.4) is 0 Å². The molecule has 0 unspecified atom stereocenters. The molecule has 2 aromatic carbocycles. The summed E-state index contributed by atoms with van der Waals surface area (Å²) in [4.78, 5) is 5.39. The van der Waals surface area contributed by atoms with E-state index in [0.29, 0.717) is 5.56 Å². The lowest BCUT2D eigenvalue weighted by Crippen LogP contribution is -2.14. The highest BCUT2D eigenvalue weighted by atomic mass is 19.3. The van der Waals surface area contributed by atoms with E-state index in [1.807, 2.05) is 38.5 Å². The van der Waals surface area contributed by atoms with Crippen LogP contribution in [-0.2, 0) is 13.0 Å². The van der Waals surface area contributed by atoms with Crippen molar-refractivity contribution in [1.29, 1.82) is 0 Å². The Kier molecular flexibility index (Phi) is 5.73. The summed E-state index contributed by atoms with van der Waals surface area (Å²) in [5, 5.41) is 1.03. The first-order chi connectivity index (χ1) is 12.5. The lowest BCUT2D eigenvalue weighted by Gasteiger charge is -2.13. The number of para-hydroxylation sites is 1. The first-order valence-corrected chi connectivity index (χ1v) is 8.44. The molecule has 3 aromatic rings. The van der Waals surface area contributed by atoms with E-state index in [1.54, 1.807) is 18.2 Å². The minimum Gasteiger partial charge on any atom is -0.488 e. The van der Waals surface area contributed by atoms with Crippen molar-refractivity contribution in [2.75, 3.05) is 20.6 Å². The number of nitrogens with zero attached hydrogens (tertiary/aromatic N) is 1. The summed E-state index contributed by atoms with van der Waals surface area (Å²) < 4.78 is 35.7. The largest absolute Gasteiger partial charge is 0.488 e. The molecule has 3 rings (SSSR count). The van der Waals surface area contributed by atoms with Gasteiger partial charge in [0, 0.05) is 29.2 Å². The number of likely N-dealkylation sites (N-methyl/N-ethyl adjacent to an activating group) is 1. The van der Waals surface area contributed by atoms with E-state index in [-0.39, 0.29) is 12.4 Å². The van der Waals surface area contributed by atoms with Gasteiger partial charge < -0.3 is 19.4 Å². The van der Waals surface area contributed by atoms with Crippen molar-refractivity contribution in [3.63, 3.8) is 0 Å². The Morgan fingerprint density at radius 1 is 1.00 bits per heavy atom. The molecule has 0 aliphatic heterocycles. The zero-order chi connectivity index (χ0) is 18.5. The number of halogens is 2. The van der Waals surface area contributed by atoms with E-state index in [0.717, 1.165) is 29.6 Å². The van der Waals surface area contributed by atoms with Crippen LogP contribution in [-0.4, -0.2) is 37.1 Å². The zero-order valence-corrected chi connectivity index (χ0v) is 14.8. The second kappa shape index (κ2) is 8.19. The molecule has 0 aliphatic carbocycles. The van der Waals surface area contributed by atoms with Gasteiger partial charge in [-0.15, -0.1) is 0 Å². The fraction of sp³-hybridized carbons (Fsp3) is 0.300. The van der Waals surface area contributed by atoms with Crippen LogP contribution in [0.15, 0.2) is 48.7 Å². The fourth-order valence-electron chi connectivity index (χ4n) is 2.87. The molecule has 0 atom stereocenters. The standard InChI is InChI=1S/C20H22F2N2O2/c1-24(2)11-10-14-12-23-16-7-5-9-18(19(14)16)25-13-15-6-3-4-8-17(15)26-20(21)22/h3-9,12,20,23H,10-11,13H2,1-2H3. The summed E-state index contributed by atoms with van der Waals surface area (Å²) in [5.74, 6) is 0.862. The first kappa shape index (κ1) is 18.2. The van der Waals surface area contributed by atoms with Gasteiger partial charge in [0.15, 0.2) is 0 Å². The normalized spacial score (nSPS) is 11.5.